The minimum atomic E-state index is -0.193. The van der Waals surface area contributed by atoms with Crippen molar-refractivity contribution in [1.82, 2.24) is 9.13 Å². The molecule has 0 bridgehead atoms. The first kappa shape index (κ1) is 74.2. The van der Waals surface area contributed by atoms with Crippen LogP contribution in [0.5, 0.6) is 0 Å². The van der Waals surface area contributed by atoms with Crippen LogP contribution >= 0.6 is 0 Å². The molecular weight excluding hydrogens is 1260 g/mol. The fourth-order valence-corrected chi connectivity index (χ4v) is 18.1. The number of hydrogen-bond acceptors (Lipinski definition) is 1. The predicted molar refractivity (Wildman–Crippen MR) is 454 cm³/mol. The Morgan fingerprint density at radius 2 is 0.606 bits per heavy atom. The zero-order valence-corrected chi connectivity index (χ0v) is 67.2. The van der Waals surface area contributed by atoms with Crippen LogP contribution in [0.2, 0.25) is 0 Å². The molecular formula is C101H123N3. The molecule has 13 rings (SSSR count). The van der Waals surface area contributed by atoms with Crippen molar-refractivity contribution in [1.29, 1.82) is 0 Å². The van der Waals surface area contributed by atoms with E-state index >= 15 is 0 Å². The van der Waals surface area contributed by atoms with Gasteiger partial charge in [-0.3, -0.25) is 0 Å². The van der Waals surface area contributed by atoms with Crippen LogP contribution < -0.4 is 4.90 Å². The van der Waals surface area contributed by atoms with Crippen molar-refractivity contribution < 1.29 is 0 Å². The molecule has 0 radical (unpaired) electrons. The minimum absolute atomic E-state index is 0.0210. The Morgan fingerprint density at radius 3 is 0.894 bits per heavy atom. The first-order chi connectivity index (χ1) is 49.7. The van der Waals surface area contributed by atoms with E-state index in [4.69, 9.17) is 0 Å². The van der Waals surface area contributed by atoms with Gasteiger partial charge in [-0.2, -0.15) is 0 Å². The van der Waals surface area contributed by atoms with Gasteiger partial charge >= 0.3 is 0 Å². The first-order valence-electron chi connectivity index (χ1n) is 40.9. The fourth-order valence-electron chi connectivity index (χ4n) is 18.1. The Morgan fingerprint density at radius 1 is 0.317 bits per heavy atom. The van der Waals surface area contributed by atoms with Gasteiger partial charge in [0, 0.05) is 72.3 Å². The monoisotopic (exact) mass is 1380 g/mol. The highest BCUT2D eigenvalue weighted by Gasteiger charge is 2.46. The van der Waals surface area contributed by atoms with Gasteiger partial charge in [-0.1, -0.05) is 288 Å². The van der Waals surface area contributed by atoms with Crippen LogP contribution in [0.15, 0.2) is 170 Å². The van der Waals surface area contributed by atoms with E-state index in [1.165, 1.54) is 236 Å². The highest BCUT2D eigenvalue weighted by Crippen LogP contribution is 2.59. The molecule has 2 aliphatic rings. The second-order valence-electron chi connectivity index (χ2n) is 36.2. The number of benzene rings is 9. The Hall–Kier alpha value is -8.06. The summed E-state index contributed by atoms with van der Waals surface area (Å²) in [5.41, 5.74) is 29.1. The van der Waals surface area contributed by atoms with Crippen molar-refractivity contribution >= 4 is 60.7 Å². The lowest BCUT2D eigenvalue weighted by Crippen LogP contribution is -2.26. The summed E-state index contributed by atoms with van der Waals surface area (Å²) >= 11 is 0. The van der Waals surface area contributed by atoms with E-state index in [1.54, 1.807) is 0 Å². The Labute approximate surface area is 627 Å². The molecule has 3 nitrogen and oxygen atoms in total. The zero-order chi connectivity index (χ0) is 73.7. The lowest BCUT2D eigenvalue weighted by atomic mass is 9.70. The average molecular weight is 1380 g/mol. The molecule has 0 aliphatic heterocycles. The fraction of sp³-hybridized carbons (Fsp3) is 0.446. The summed E-state index contributed by atoms with van der Waals surface area (Å²) in [6, 6.07) is 69.3. The van der Waals surface area contributed by atoms with Gasteiger partial charge in [0.05, 0.1) is 22.1 Å². The second kappa shape index (κ2) is 29.7. The van der Waals surface area contributed by atoms with E-state index in [2.05, 4.69) is 320 Å². The second-order valence-corrected chi connectivity index (χ2v) is 36.2. The van der Waals surface area contributed by atoms with Crippen molar-refractivity contribution in [2.75, 3.05) is 4.90 Å². The number of anilines is 3. The molecule has 542 valence electrons. The van der Waals surface area contributed by atoms with Crippen LogP contribution in [0.1, 0.15) is 303 Å². The minimum Gasteiger partial charge on any atom is -0.310 e. The molecule has 2 aliphatic carbocycles. The van der Waals surface area contributed by atoms with Gasteiger partial charge in [-0.15, -0.1) is 0 Å². The van der Waals surface area contributed by atoms with E-state index in [0.717, 1.165) is 36.9 Å². The Bertz CT molecular complexity index is 4540. The van der Waals surface area contributed by atoms with E-state index < -0.39 is 0 Å². The van der Waals surface area contributed by atoms with E-state index in [1.807, 2.05) is 0 Å². The summed E-state index contributed by atoms with van der Waals surface area (Å²) in [5.74, 6) is 7.32. The molecule has 11 aromatic rings. The number of rotatable bonds is 25. The molecule has 9 aromatic carbocycles. The molecule has 2 heterocycles. The Balaban J connectivity index is 1.01. The molecule has 0 amide bonds. The van der Waals surface area contributed by atoms with Crippen molar-refractivity contribution in [2.24, 2.45) is 5.92 Å². The number of unbranched alkanes of at least 4 members (excludes halogenated alkanes) is 12. The van der Waals surface area contributed by atoms with Gasteiger partial charge in [-0.05, 0) is 235 Å². The summed E-state index contributed by atoms with van der Waals surface area (Å²) in [7, 11) is 0. The Kier molecular flexibility index (Phi) is 21.2. The van der Waals surface area contributed by atoms with E-state index in [-0.39, 0.29) is 38.4 Å². The SMILES string of the molecule is CCCCCCC1(CCCCCC)c2cc(N(c3ccc(C#CC(C)C)cc3)c3ccc4c(c3)C(CCCCCC)(CCCCCC)c3cc(-n5c6ccc(C(C)(C)C)cc6c6cc(C(C)(C)C)ccc65)ccc3-4)ccc2-c2ccc(-n3c4ccc(C(C)(C)C)cc4c4cc(C(C)(C)C)ccc43)cc21. The third-order valence-corrected chi connectivity index (χ3v) is 24.1. The summed E-state index contributed by atoms with van der Waals surface area (Å²) < 4.78 is 5.23. The van der Waals surface area contributed by atoms with Crippen molar-refractivity contribution in [3.05, 3.63) is 220 Å². The number of nitrogens with zero attached hydrogens (tertiary/aromatic N) is 3. The first-order valence-corrected chi connectivity index (χ1v) is 40.9. The van der Waals surface area contributed by atoms with Crippen LogP contribution in [0.25, 0.3) is 77.2 Å². The van der Waals surface area contributed by atoms with E-state index in [0.29, 0.717) is 0 Å². The van der Waals surface area contributed by atoms with Crippen molar-refractivity contribution in [3.8, 4) is 45.5 Å². The van der Waals surface area contributed by atoms with Crippen LogP contribution in [-0.2, 0) is 32.5 Å². The van der Waals surface area contributed by atoms with Crippen LogP contribution in [0, 0.1) is 17.8 Å². The van der Waals surface area contributed by atoms with Crippen molar-refractivity contribution in [3.63, 3.8) is 0 Å². The van der Waals surface area contributed by atoms with Crippen LogP contribution in [0.4, 0.5) is 17.1 Å². The third-order valence-electron chi connectivity index (χ3n) is 24.1. The predicted octanol–water partition coefficient (Wildman–Crippen LogP) is 30.0. The highest BCUT2D eigenvalue weighted by molar-refractivity contribution is 6.11. The number of aromatic nitrogens is 2. The zero-order valence-electron chi connectivity index (χ0n) is 67.2. The third kappa shape index (κ3) is 14.2. The van der Waals surface area contributed by atoms with Gasteiger partial charge in [0.2, 0.25) is 0 Å². The molecule has 0 saturated heterocycles. The number of hydrogen-bond donors (Lipinski definition) is 0. The lowest BCUT2D eigenvalue weighted by Gasteiger charge is -2.35. The molecule has 0 atom stereocenters. The van der Waals surface area contributed by atoms with Gasteiger partial charge < -0.3 is 14.0 Å². The maximum atomic E-state index is 3.54. The molecule has 0 saturated carbocycles. The standard InChI is InChI=1S/C101H123N3/c1-19-23-27-31-57-100(58-32-28-24-20-2)88-65-76(45-49-80(88)82-51-47-78(67-90(82)100)103-92-53-39-71(96(7,8)9)61-84(92)85-62-72(97(10,11)12)40-54-93(85)103)102(75-43-37-70(38-44-75)36-35-69(5)6)77-46-50-81-83-52-48-79(68-91(83)101(89(81)66-77,59-33-29-25-21-3)60-34-30-26-22-4)104-94-55-41-73(98(13,14)15)63-86(94)87-64-74(99(16,17)18)42-56-95(87)104/h37-56,61-69H,19-34,57-60H2,1-18H3. The average Bonchev–Trinajstić information content (AvgIpc) is 1.56. The molecule has 0 unspecified atom stereocenters. The molecule has 0 N–H and O–H groups in total. The maximum absolute atomic E-state index is 3.54. The molecule has 0 fully saturated rings. The van der Waals surface area contributed by atoms with Crippen LogP contribution in [0.3, 0.4) is 0 Å². The maximum Gasteiger partial charge on any atom is 0.0541 e. The smallest absolute Gasteiger partial charge is 0.0541 e. The van der Waals surface area contributed by atoms with Gasteiger partial charge in [-0.25, -0.2) is 0 Å². The molecule has 3 heteroatoms. The van der Waals surface area contributed by atoms with Gasteiger partial charge in [0.1, 0.15) is 0 Å². The summed E-state index contributed by atoms with van der Waals surface area (Å²) in [5, 5.41) is 5.36. The summed E-state index contributed by atoms with van der Waals surface area (Å²) in [6.07, 6.45) is 24.1. The topological polar surface area (TPSA) is 13.1 Å². The normalized spacial score (nSPS) is 14.0. The summed E-state index contributed by atoms with van der Waals surface area (Å²) in [4.78, 5) is 2.65. The van der Waals surface area contributed by atoms with Gasteiger partial charge in [0.25, 0.3) is 0 Å². The molecule has 0 spiro atoms. The van der Waals surface area contributed by atoms with E-state index in [9.17, 15) is 0 Å². The quantitative estimate of drug-likeness (QED) is 0.0411. The van der Waals surface area contributed by atoms with Gasteiger partial charge in [0.15, 0.2) is 0 Å². The summed E-state index contributed by atoms with van der Waals surface area (Å²) in [6.45, 7) is 42.1. The highest BCUT2D eigenvalue weighted by atomic mass is 15.1. The largest absolute Gasteiger partial charge is 0.310 e. The lowest BCUT2D eigenvalue weighted by molar-refractivity contribution is 0.401. The molecule has 104 heavy (non-hydrogen) atoms. The number of fused-ring (bicyclic) bond motifs is 12. The molecule has 2 aromatic heterocycles. The van der Waals surface area contributed by atoms with Crippen LogP contribution in [-0.4, -0.2) is 9.13 Å². The van der Waals surface area contributed by atoms with Crippen molar-refractivity contribution in [2.45, 2.75) is 286 Å².